The zero-order chi connectivity index (χ0) is 14.8. The minimum absolute atomic E-state index is 0.0443. The Bertz CT molecular complexity index is 822. The molecule has 0 saturated carbocycles. The van der Waals surface area contributed by atoms with E-state index in [9.17, 15) is 4.79 Å². The molecule has 6 nitrogen and oxygen atoms in total. The van der Waals surface area contributed by atoms with Crippen LogP contribution in [0.25, 0.3) is 22.6 Å². The van der Waals surface area contributed by atoms with Gasteiger partial charge in [0.2, 0.25) is 5.95 Å². The van der Waals surface area contributed by atoms with Crippen LogP contribution in [-0.4, -0.2) is 14.5 Å². The number of furan rings is 1. The molecule has 0 aliphatic rings. The van der Waals surface area contributed by atoms with Gasteiger partial charge < -0.3 is 14.7 Å². The summed E-state index contributed by atoms with van der Waals surface area (Å²) in [4.78, 5) is 20.0. The molecule has 0 spiro atoms. The number of nitrogen functional groups attached to an aromatic ring is 1. The van der Waals surface area contributed by atoms with Crippen molar-refractivity contribution in [3.05, 3.63) is 53.3 Å². The summed E-state index contributed by atoms with van der Waals surface area (Å²) >= 11 is 0. The standard InChI is InChI=1S/C15H14N4O2/c1-2-19-9-10(5-6-13(19)20)11-8-17-15(16)18-14(11)12-4-3-7-21-12/h3-9H,2H2,1H3,(H2,16,17,18). The molecule has 3 rings (SSSR count). The van der Waals surface area contributed by atoms with Crippen LogP contribution in [0.2, 0.25) is 0 Å². The average Bonchev–Trinajstić information content (AvgIpc) is 3.02. The second kappa shape index (κ2) is 5.24. The van der Waals surface area contributed by atoms with Crippen LogP contribution in [0.5, 0.6) is 0 Å². The second-order valence-electron chi connectivity index (χ2n) is 4.51. The van der Waals surface area contributed by atoms with E-state index >= 15 is 0 Å². The number of aromatic nitrogens is 3. The molecule has 0 amide bonds. The Morgan fingerprint density at radius 3 is 2.90 bits per heavy atom. The molecule has 0 aromatic carbocycles. The van der Waals surface area contributed by atoms with Crippen molar-refractivity contribution < 1.29 is 4.42 Å². The highest BCUT2D eigenvalue weighted by Gasteiger charge is 2.13. The summed E-state index contributed by atoms with van der Waals surface area (Å²) in [7, 11) is 0. The zero-order valence-electron chi connectivity index (χ0n) is 11.5. The van der Waals surface area contributed by atoms with Gasteiger partial charge in [-0.15, -0.1) is 0 Å². The highest BCUT2D eigenvalue weighted by Crippen LogP contribution is 2.30. The van der Waals surface area contributed by atoms with Crippen LogP contribution in [0.4, 0.5) is 5.95 Å². The molecule has 0 radical (unpaired) electrons. The van der Waals surface area contributed by atoms with E-state index in [0.717, 1.165) is 11.1 Å². The lowest BCUT2D eigenvalue weighted by Crippen LogP contribution is -2.17. The number of aryl methyl sites for hydroxylation is 1. The highest BCUT2D eigenvalue weighted by molar-refractivity contribution is 5.78. The highest BCUT2D eigenvalue weighted by atomic mass is 16.3. The Morgan fingerprint density at radius 1 is 1.33 bits per heavy atom. The minimum atomic E-state index is -0.0443. The van der Waals surface area contributed by atoms with Crippen LogP contribution in [0.15, 0.2) is 52.1 Å². The Hall–Kier alpha value is -2.89. The van der Waals surface area contributed by atoms with Crippen LogP contribution < -0.4 is 11.3 Å². The first kappa shape index (κ1) is 13.1. The van der Waals surface area contributed by atoms with Crippen LogP contribution in [0, 0.1) is 0 Å². The molecule has 21 heavy (non-hydrogen) atoms. The minimum Gasteiger partial charge on any atom is -0.463 e. The van der Waals surface area contributed by atoms with E-state index in [1.807, 2.05) is 6.92 Å². The smallest absolute Gasteiger partial charge is 0.250 e. The Morgan fingerprint density at radius 2 is 2.19 bits per heavy atom. The molecule has 0 aliphatic carbocycles. The quantitative estimate of drug-likeness (QED) is 0.795. The van der Waals surface area contributed by atoms with E-state index in [4.69, 9.17) is 10.2 Å². The summed E-state index contributed by atoms with van der Waals surface area (Å²) in [6.45, 7) is 2.51. The van der Waals surface area contributed by atoms with Crippen molar-refractivity contribution in [1.29, 1.82) is 0 Å². The van der Waals surface area contributed by atoms with Gasteiger partial charge in [-0.05, 0) is 25.1 Å². The van der Waals surface area contributed by atoms with Crippen molar-refractivity contribution in [3.63, 3.8) is 0 Å². The number of anilines is 1. The lowest BCUT2D eigenvalue weighted by molar-refractivity contribution is 0.580. The molecule has 6 heteroatoms. The van der Waals surface area contributed by atoms with E-state index in [1.54, 1.807) is 41.4 Å². The normalized spacial score (nSPS) is 10.7. The monoisotopic (exact) mass is 282 g/mol. The van der Waals surface area contributed by atoms with Gasteiger partial charge in [0.25, 0.3) is 5.56 Å². The number of rotatable bonds is 3. The first-order valence-corrected chi connectivity index (χ1v) is 6.56. The average molecular weight is 282 g/mol. The van der Waals surface area contributed by atoms with Crippen molar-refractivity contribution >= 4 is 5.95 Å². The van der Waals surface area contributed by atoms with E-state index < -0.39 is 0 Å². The van der Waals surface area contributed by atoms with E-state index in [2.05, 4.69) is 9.97 Å². The lowest BCUT2D eigenvalue weighted by Gasteiger charge is -2.09. The third-order valence-electron chi connectivity index (χ3n) is 3.20. The van der Waals surface area contributed by atoms with Gasteiger partial charge in [-0.2, -0.15) is 0 Å². The van der Waals surface area contributed by atoms with Gasteiger partial charge in [0.15, 0.2) is 5.76 Å². The molecule has 0 fully saturated rings. The lowest BCUT2D eigenvalue weighted by atomic mass is 10.1. The maximum absolute atomic E-state index is 11.7. The third-order valence-corrected chi connectivity index (χ3v) is 3.20. The molecule has 3 aromatic heterocycles. The van der Waals surface area contributed by atoms with Crippen molar-refractivity contribution in [2.24, 2.45) is 0 Å². The molecular formula is C15H14N4O2. The van der Waals surface area contributed by atoms with E-state index in [1.165, 1.54) is 6.07 Å². The summed E-state index contributed by atoms with van der Waals surface area (Å²) in [5.74, 6) is 0.780. The van der Waals surface area contributed by atoms with E-state index in [0.29, 0.717) is 18.0 Å². The van der Waals surface area contributed by atoms with Crippen LogP contribution in [-0.2, 0) is 6.54 Å². The van der Waals surface area contributed by atoms with Gasteiger partial charge in [0, 0.05) is 36.1 Å². The van der Waals surface area contributed by atoms with Gasteiger partial charge in [0.05, 0.1) is 6.26 Å². The number of hydrogen-bond donors (Lipinski definition) is 1. The Balaban J connectivity index is 2.21. The molecule has 0 bridgehead atoms. The van der Waals surface area contributed by atoms with Crippen molar-refractivity contribution in [1.82, 2.24) is 14.5 Å². The van der Waals surface area contributed by atoms with Gasteiger partial charge in [-0.1, -0.05) is 0 Å². The van der Waals surface area contributed by atoms with Crippen molar-refractivity contribution in [2.75, 3.05) is 5.73 Å². The molecule has 0 aliphatic heterocycles. The maximum atomic E-state index is 11.7. The number of nitrogens with zero attached hydrogens (tertiary/aromatic N) is 3. The molecule has 0 atom stereocenters. The fourth-order valence-electron chi connectivity index (χ4n) is 2.15. The van der Waals surface area contributed by atoms with Crippen LogP contribution in [0.1, 0.15) is 6.92 Å². The van der Waals surface area contributed by atoms with E-state index in [-0.39, 0.29) is 11.5 Å². The molecule has 3 aromatic rings. The first-order chi connectivity index (χ1) is 10.2. The van der Waals surface area contributed by atoms with Crippen LogP contribution >= 0.6 is 0 Å². The molecule has 3 heterocycles. The van der Waals surface area contributed by atoms with Crippen molar-refractivity contribution in [2.45, 2.75) is 13.5 Å². The Kier molecular flexibility index (Phi) is 3.27. The maximum Gasteiger partial charge on any atom is 0.250 e. The number of nitrogens with two attached hydrogens (primary N) is 1. The fraction of sp³-hybridized carbons (Fsp3) is 0.133. The zero-order valence-corrected chi connectivity index (χ0v) is 11.5. The van der Waals surface area contributed by atoms with Crippen molar-refractivity contribution in [3.8, 4) is 22.6 Å². The Labute approximate surface area is 120 Å². The number of pyridine rings is 1. The molecule has 0 unspecified atom stereocenters. The predicted octanol–water partition coefficient (Wildman–Crippen LogP) is 2.17. The van der Waals surface area contributed by atoms with Gasteiger partial charge >= 0.3 is 0 Å². The fourth-order valence-corrected chi connectivity index (χ4v) is 2.15. The first-order valence-electron chi connectivity index (χ1n) is 6.56. The topological polar surface area (TPSA) is 86.9 Å². The summed E-state index contributed by atoms with van der Waals surface area (Å²) in [5.41, 5.74) is 7.83. The van der Waals surface area contributed by atoms with Gasteiger partial charge in [-0.25, -0.2) is 9.97 Å². The largest absolute Gasteiger partial charge is 0.463 e. The molecular weight excluding hydrogens is 268 g/mol. The molecule has 106 valence electrons. The summed E-state index contributed by atoms with van der Waals surface area (Å²) in [6.07, 6.45) is 4.99. The predicted molar refractivity (Wildman–Crippen MR) is 79.5 cm³/mol. The van der Waals surface area contributed by atoms with Crippen LogP contribution in [0.3, 0.4) is 0 Å². The van der Waals surface area contributed by atoms with Gasteiger partial charge in [0.1, 0.15) is 5.69 Å². The summed E-state index contributed by atoms with van der Waals surface area (Å²) in [6, 6.07) is 6.86. The molecule has 0 saturated heterocycles. The SMILES string of the molecule is CCn1cc(-c2cnc(N)nc2-c2ccco2)ccc1=O. The number of hydrogen-bond acceptors (Lipinski definition) is 5. The van der Waals surface area contributed by atoms with Gasteiger partial charge in [-0.3, -0.25) is 4.79 Å². The third kappa shape index (κ3) is 2.43. The molecule has 2 N–H and O–H groups in total. The summed E-state index contributed by atoms with van der Waals surface area (Å²) < 4.78 is 7.03. The summed E-state index contributed by atoms with van der Waals surface area (Å²) in [5, 5.41) is 0. The second-order valence-corrected chi connectivity index (χ2v) is 4.51.